The van der Waals surface area contributed by atoms with E-state index in [1.54, 1.807) is 7.11 Å². The predicted molar refractivity (Wildman–Crippen MR) is 72.6 cm³/mol. The van der Waals surface area contributed by atoms with E-state index >= 15 is 0 Å². The Hall–Kier alpha value is -1.41. The van der Waals surface area contributed by atoms with Crippen LogP contribution >= 0.6 is 0 Å². The van der Waals surface area contributed by atoms with E-state index in [2.05, 4.69) is 11.4 Å². The fourth-order valence-corrected chi connectivity index (χ4v) is 2.42. The molecule has 0 heterocycles. The van der Waals surface area contributed by atoms with Crippen LogP contribution in [0.2, 0.25) is 0 Å². The lowest BCUT2D eigenvalue weighted by molar-refractivity contribution is -0.131. The number of hydrogen-bond acceptors (Lipinski definition) is 4. The van der Waals surface area contributed by atoms with Gasteiger partial charge in [0, 0.05) is 26.3 Å². The molecular weight excluding hydrogens is 240 g/mol. The molecule has 4 heteroatoms. The Morgan fingerprint density at radius 1 is 1.37 bits per heavy atom. The van der Waals surface area contributed by atoms with Crippen LogP contribution in [-0.4, -0.2) is 32.0 Å². The summed E-state index contributed by atoms with van der Waals surface area (Å²) in [4.78, 5) is 0. The van der Waals surface area contributed by atoms with Gasteiger partial charge in [-0.3, -0.25) is 0 Å². The molecule has 19 heavy (non-hydrogen) atoms. The molecule has 3 atom stereocenters. The van der Waals surface area contributed by atoms with E-state index in [0.29, 0.717) is 11.6 Å². The smallest absolute Gasteiger partial charge is 0.0991 e. The molecule has 2 rings (SSSR count). The van der Waals surface area contributed by atoms with Gasteiger partial charge in [-0.2, -0.15) is 5.26 Å². The number of rotatable bonds is 6. The zero-order chi connectivity index (χ0) is 13.7. The van der Waals surface area contributed by atoms with Crippen LogP contribution in [0.25, 0.3) is 0 Å². The van der Waals surface area contributed by atoms with E-state index in [4.69, 9.17) is 14.7 Å². The molecule has 102 valence electrons. The molecule has 1 fully saturated rings. The Kier molecular flexibility index (Phi) is 4.92. The molecule has 1 N–H and O–H groups in total. The fraction of sp³-hybridized carbons (Fsp3) is 0.533. The summed E-state index contributed by atoms with van der Waals surface area (Å²) >= 11 is 0. The molecule has 0 aromatic heterocycles. The maximum absolute atomic E-state index is 8.74. The minimum Gasteiger partial charge on any atom is -0.377 e. The van der Waals surface area contributed by atoms with Crippen LogP contribution in [-0.2, 0) is 16.0 Å². The van der Waals surface area contributed by atoms with Gasteiger partial charge in [-0.1, -0.05) is 12.1 Å². The molecule has 1 aromatic rings. The zero-order valence-electron chi connectivity index (χ0n) is 11.4. The number of benzene rings is 1. The average molecular weight is 260 g/mol. The van der Waals surface area contributed by atoms with Crippen molar-refractivity contribution in [3.63, 3.8) is 0 Å². The van der Waals surface area contributed by atoms with E-state index in [1.807, 2.05) is 31.2 Å². The van der Waals surface area contributed by atoms with Crippen LogP contribution in [0.3, 0.4) is 0 Å². The highest BCUT2D eigenvalue weighted by Gasteiger charge is 2.41. The molecule has 0 aliphatic heterocycles. The number of methoxy groups -OCH3 is 1. The lowest BCUT2D eigenvalue weighted by Gasteiger charge is -2.43. The quantitative estimate of drug-likeness (QED) is 0.848. The third-order valence-electron chi connectivity index (χ3n) is 3.55. The van der Waals surface area contributed by atoms with Gasteiger partial charge in [0.05, 0.1) is 23.8 Å². The van der Waals surface area contributed by atoms with Crippen LogP contribution in [0.15, 0.2) is 24.3 Å². The highest BCUT2D eigenvalue weighted by molar-refractivity contribution is 5.31. The van der Waals surface area contributed by atoms with Crippen molar-refractivity contribution in [1.82, 2.24) is 5.32 Å². The topological polar surface area (TPSA) is 54.3 Å². The predicted octanol–water partition coefficient (Wildman–Crippen LogP) is 1.84. The van der Waals surface area contributed by atoms with Gasteiger partial charge in [0.25, 0.3) is 0 Å². The average Bonchev–Trinajstić information content (AvgIpc) is 2.43. The third kappa shape index (κ3) is 3.32. The van der Waals surface area contributed by atoms with Gasteiger partial charge < -0.3 is 14.8 Å². The summed E-state index contributed by atoms with van der Waals surface area (Å²) in [5.74, 6) is 0. The molecule has 0 saturated heterocycles. The van der Waals surface area contributed by atoms with Crippen LogP contribution in [0.1, 0.15) is 24.5 Å². The third-order valence-corrected chi connectivity index (χ3v) is 3.55. The van der Waals surface area contributed by atoms with Crippen molar-refractivity contribution in [2.45, 2.75) is 38.1 Å². The minimum atomic E-state index is 0.137. The normalized spacial score (nSPS) is 25.6. The Labute approximate surface area is 114 Å². The largest absolute Gasteiger partial charge is 0.377 e. The van der Waals surface area contributed by atoms with Gasteiger partial charge in [-0.15, -0.1) is 0 Å². The van der Waals surface area contributed by atoms with Gasteiger partial charge in [-0.25, -0.2) is 0 Å². The first-order chi connectivity index (χ1) is 9.28. The molecule has 0 bridgehead atoms. The Morgan fingerprint density at radius 2 is 2.11 bits per heavy atom. The van der Waals surface area contributed by atoms with E-state index in [1.165, 1.54) is 5.56 Å². The molecule has 1 aromatic carbocycles. The van der Waals surface area contributed by atoms with Crippen molar-refractivity contribution in [2.75, 3.05) is 13.7 Å². The Balaban J connectivity index is 1.81. The van der Waals surface area contributed by atoms with Crippen molar-refractivity contribution in [2.24, 2.45) is 0 Å². The lowest BCUT2D eigenvalue weighted by Crippen LogP contribution is -2.59. The van der Waals surface area contributed by atoms with Crippen molar-refractivity contribution < 1.29 is 9.47 Å². The van der Waals surface area contributed by atoms with Gasteiger partial charge in [-0.05, 0) is 31.0 Å². The second-order valence-corrected chi connectivity index (χ2v) is 4.73. The van der Waals surface area contributed by atoms with Gasteiger partial charge in [0.15, 0.2) is 0 Å². The molecule has 1 aliphatic carbocycles. The maximum Gasteiger partial charge on any atom is 0.0991 e. The monoisotopic (exact) mass is 260 g/mol. The van der Waals surface area contributed by atoms with Crippen molar-refractivity contribution in [1.29, 1.82) is 5.26 Å². The molecule has 0 radical (unpaired) electrons. The van der Waals surface area contributed by atoms with Crippen molar-refractivity contribution >= 4 is 0 Å². The minimum absolute atomic E-state index is 0.137. The molecule has 0 amide bonds. The lowest BCUT2D eigenvalue weighted by atomic mass is 9.85. The second-order valence-electron chi connectivity index (χ2n) is 4.73. The molecule has 1 aliphatic rings. The molecule has 0 spiro atoms. The van der Waals surface area contributed by atoms with E-state index in [-0.39, 0.29) is 12.2 Å². The number of hydrogen-bond donors (Lipinski definition) is 1. The van der Waals surface area contributed by atoms with E-state index in [9.17, 15) is 0 Å². The van der Waals surface area contributed by atoms with Gasteiger partial charge >= 0.3 is 0 Å². The van der Waals surface area contributed by atoms with Gasteiger partial charge in [0.2, 0.25) is 0 Å². The van der Waals surface area contributed by atoms with Crippen molar-refractivity contribution in [3.05, 3.63) is 35.4 Å². The first-order valence-electron chi connectivity index (χ1n) is 6.65. The van der Waals surface area contributed by atoms with E-state index < -0.39 is 0 Å². The first-order valence-corrected chi connectivity index (χ1v) is 6.65. The number of nitrogens with zero attached hydrogens (tertiary/aromatic N) is 1. The Bertz CT molecular complexity index is 438. The zero-order valence-corrected chi connectivity index (χ0v) is 11.4. The summed E-state index contributed by atoms with van der Waals surface area (Å²) in [5.41, 5.74) is 1.87. The summed E-state index contributed by atoms with van der Waals surface area (Å²) < 4.78 is 11.1. The van der Waals surface area contributed by atoms with Crippen LogP contribution in [0.5, 0.6) is 0 Å². The highest BCUT2D eigenvalue weighted by atomic mass is 16.5. The standard InChI is InChI=1S/C15H20N2O2/c1-3-19-14-8-13(15(14)18-2)17-10-12-6-4-11(9-16)5-7-12/h4-7,13-15,17H,3,8,10H2,1-2H3. The summed E-state index contributed by atoms with van der Waals surface area (Å²) in [5, 5.41) is 12.2. The SMILES string of the molecule is CCOC1CC(NCc2ccc(C#N)cc2)C1OC. The van der Waals surface area contributed by atoms with Crippen LogP contribution < -0.4 is 5.32 Å². The van der Waals surface area contributed by atoms with Gasteiger partial charge in [0.1, 0.15) is 0 Å². The summed E-state index contributed by atoms with van der Waals surface area (Å²) in [6, 6.07) is 10.1. The van der Waals surface area contributed by atoms with E-state index in [0.717, 1.165) is 19.6 Å². The Morgan fingerprint density at radius 3 is 2.68 bits per heavy atom. The number of nitrogens with one attached hydrogen (secondary N) is 1. The summed E-state index contributed by atoms with van der Waals surface area (Å²) in [6.07, 6.45) is 1.34. The number of nitriles is 1. The molecular formula is C15H20N2O2. The maximum atomic E-state index is 8.74. The first kappa shape index (κ1) is 14.0. The summed E-state index contributed by atoms with van der Waals surface area (Å²) in [6.45, 7) is 3.52. The van der Waals surface area contributed by atoms with Crippen LogP contribution in [0, 0.1) is 11.3 Å². The molecule has 3 unspecified atom stereocenters. The highest BCUT2D eigenvalue weighted by Crippen LogP contribution is 2.27. The van der Waals surface area contributed by atoms with Crippen LogP contribution in [0.4, 0.5) is 0 Å². The van der Waals surface area contributed by atoms with Crippen molar-refractivity contribution in [3.8, 4) is 6.07 Å². The fourth-order valence-electron chi connectivity index (χ4n) is 2.42. The molecule has 1 saturated carbocycles. The number of ether oxygens (including phenoxy) is 2. The molecule has 4 nitrogen and oxygen atoms in total. The second kappa shape index (κ2) is 6.67. The summed E-state index contributed by atoms with van der Waals surface area (Å²) in [7, 11) is 1.73.